The van der Waals surface area contributed by atoms with Crippen molar-refractivity contribution < 1.29 is 4.74 Å². The Labute approximate surface area is 192 Å². The molecule has 33 heavy (non-hydrogen) atoms. The van der Waals surface area contributed by atoms with E-state index in [0.29, 0.717) is 5.70 Å². The largest absolute Gasteiger partial charge is 0.460 e. The van der Waals surface area contributed by atoms with Gasteiger partial charge in [0.1, 0.15) is 5.84 Å². The fraction of sp³-hybridized carbons (Fsp3) is 0.0714. The lowest BCUT2D eigenvalue weighted by Gasteiger charge is -2.26. The SMILES string of the molecule is N=COC(N)C1=CC(c2ccccc2)NC(c2ccc(-c3cccc4ccccc34)cc2)=N1. The molecule has 4 aromatic carbocycles. The number of benzene rings is 4. The molecule has 0 aliphatic carbocycles. The van der Waals surface area contributed by atoms with Crippen LogP contribution in [0.2, 0.25) is 0 Å². The van der Waals surface area contributed by atoms with Crippen LogP contribution in [0.5, 0.6) is 0 Å². The molecule has 4 aromatic rings. The van der Waals surface area contributed by atoms with Crippen LogP contribution in [0.3, 0.4) is 0 Å². The molecule has 2 atom stereocenters. The summed E-state index contributed by atoms with van der Waals surface area (Å²) in [5.41, 5.74) is 11.1. The molecule has 5 heteroatoms. The van der Waals surface area contributed by atoms with E-state index in [0.717, 1.165) is 28.9 Å². The molecule has 4 N–H and O–H groups in total. The van der Waals surface area contributed by atoms with Gasteiger partial charge in [0.05, 0.1) is 11.7 Å². The molecular formula is C28H24N4O. The average Bonchev–Trinajstić information content (AvgIpc) is 2.89. The lowest BCUT2D eigenvalue weighted by Crippen LogP contribution is -2.35. The molecule has 0 amide bonds. The van der Waals surface area contributed by atoms with Crippen LogP contribution in [0, 0.1) is 5.41 Å². The average molecular weight is 433 g/mol. The highest BCUT2D eigenvalue weighted by Crippen LogP contribution is 2.29. The number of nitrogens with zero attached hydrogens (tertiary/aromatic N) is 1. The fourth-order valence-corrected chi connectivity index (χ4v) is 4.13. The second-order valence-corrected chi connectivity index (χ2v) is 7.86. The van der Waals surface area contributed by atoms with E-state index in [1.807, 2.05) is 24.3 Å². The van der Waals surface area contributed by atoms with Crippen LogP contribution in [0.4, 0.5) is 0 Å². The van der Waals surface area contributed by atoms with Gasteiger partial charge >= 0.3 is 0 Å². The monoisotopic (exact) mass is 432 g/mol. The van der Waals surface area contributed by atoms with Gasteiger partial charge in [-0.25, -0.2) is 4.99 Å². The molecule has 0 radical (unpaired) electrons. The van der Waals surface area contributed by atoms with Crippen molar-refractivity contribution in [2.75, 3.05) is 0 Å². The van der Waals surface area contributed by atoms with Gasteiger partial charge in [-0.2, -0.15) is 0 Å². The van der Waals surface area contributed by atoms with E-state index in [1.54, 1.807) is 0 Å². The van der Waals surface area contributed by atoms with E-state index in [2.05, 4.69) is 84.2 Å². The van der Waals surface area contributed by atoms with E-state index < -0.39 is 6.23 Å². The second-order valence-electron chi connectivity index (χ2n) is 7.86. The highest BCUT2D eigenvalue weighted by atomic mass is 16.5. The van der Waals surface area contributed by atoms with Crippen LogP contribution in [0.25, 0.3) is 21.9 Å². The van der Waals surface area contributed by atoms with E-state index in [-0.39, 0.29) is 6.04 Å². The Morgan fingerprint density at radius 3 is 2.33 bits per heavy atom. The molecule has 0 saturated heterocycles. The Balaban J connectivity index is 1.50. The smallest absolute Gasteiger partial charge is 0.191 e. The first-order valence-corrected chi connectivity index (χ1v) is 10.8. The van der Waals surface area contributed by atoms with E-state index in [4.69, 9.17) is 20.9 Å². The van der Waals surface area contributed by atoms with Gasteiger partial charge < -0.3 is 10.1 Å². The lowest BCUT2D eigenvalue weighted by atomic mass is 9.97. The van der Waals surface area contributed by atoms with Crippen molar-refractivity contribution in [1.29, 1.82) is 5.41 Å². The molecule has 0 spiro atoms. The summed E-state index contributed by atoms with van der Waals surface area (Å²) in [5.74, 6) is 0.717. The van der Waals surface area contributed by atoms with Crippen LogP contribution >= 0.6 is 0 Å². The third kappa shape index (κ3) is 4.27. The van der Waals surface area contributed by atoms with Crippen LogP contribution in [-0.4, -0.2) is 18.5 Å². The van der Waals surface area contributed by atoms with Crippen molar-refractivity contribution in [1.82, 2.24) is 5.32 Å². The van der Waals surface area contributed by atoms with Crippen LogP contribution < -0.4 is 11.1 Å². The number of ether oxygens (including phenoxy) is 1. The first kappa shape index (κ1) is 20.7. The zero-order valence-electron chi connectivity index (χ0n) is 18.0. The second kappa shape index (κ2) is 9.10. The van der Waals surface area contributed by atoms with E-state index in [9.17, 15) is 0 Å². The normalized spacial score (nSPS) is 16.3. The van der Waals surface area contributed by atoms with Gasteiger partial charge in [-0.05, 0) is 33.5 Å². The first-order valence-electron chi connectivity index (χ1n) is 10.8. The zero-order chi connectivity index (χ0) is 22.6. The summed E-state index contributed by atoms with van der Waals surface area (Å²) in [5, 5.41) is 13.2. The minimum Gasteiger partial charge on any atom is -0.460 e. The minimum absolute atomic E-state index is 0.105. The molecule has 1 heterocycles. The lowest BCUT2D eigenvalue weighted by molar-refractivity contribution is 0.239. The number of nitrogens with one attached hydrogen (secondary N) is 2. The van der Waals surface area contributed by atoms with Crippen molar-refractivity contribution in [2.24, 2.45) is 10.7 Å². The predicted octanol–water partition coefficient (Wildman–Crippen LogP) is 5.39. The molecule has 5 nitrogen and oxygen atoms in total. The summed E-state index contributed by atoms with van der Waals surface area (Å²) in [7, 11) is 0. The Hall–Kier alpha value is -4.22. The van der Waals surface area contributed by atoms with Crippen molar-refractivity contribution in [3.05, 3.63) is 120 Å². The predicted molar refractivity (Wildman–Crippen MR) is 134 cm³/mol. The quantitative estimate of drug-likeness (QED) is 0.217. The molecule has 5 rings (SSSR count). The summed E-state index contributed by atoms with van der Waals surface area (Å²) in [6.45, 7) is 0. The maximum atomic E-state index is 7.22. The van der Waals surface area contributed by atoms with Crippen molar-refractivity contribution in [3.63, 3.8) is 0 Å². The van der Waals surface area contributed by atoms with Gasteiger partial charge in [-0.1, -0.05) is 97.1 Å². The summed E-state index contributed by atoms with van der Waals surface area (Å²) in [6.07, 6.45) is 1.98. The third-order valence-corrected chi connectivity index (χ3v) is 5.79. The minimum atomic E-state index is -0.805. The molecule has 0 aromatic heterocycles. The van der Waals surface area contributed by atoms with Crippen LogP contribution in [0.15, 0.2) is 114 Å². The van der Waals surface area contributed by atoms with E-state index >= 15 is 0 Å². The summed E-state index contributed by atoms with van der Waals surface area (Å²) in [6, 6.07) is 33.1. The highest BCUT2D eigenvalue weighted by Gasteiger charge is 2.22. The summed E-state index contributed by atoms with van der Waals surface area (Å²) in [4.78, 5) is 4.71. The molecule has 162 valence electrons. The Morgan fingerprint density at radius 1 is 0.848 bits per heavy atom. The first-order chi connectivity index (χ1) is 16.2. The Kier molecular flexibility index (Phi) is 5.70. The maximum absolute atomic E-state index is 7.22. The van der Waals surface area contributed by atoms with Gasteiger partial charge in [-0.15, -0.1) is 0 Å². The fourth-order valence-electron chi connectivity index (χ4n) is 4.13. The van der Waals surface area contributed by atoms with Crippen LogP contribution in [-0.2, 0) is 4.74 Å². The molecule has 0 bridgehead atoms. The summed E-state index contributed by atoms with van der Waals surface area (Å²) < 4.78 is 5.18. The van der Waals surface area contributed by atoms with Gasteiger partial charge in [0.15, 0.2) is 12.6 Å². The van der Waals surface area contributed by atoms with Gasteiger partial charge in [0.2, 0.25) is 0 Å². The van der Waals surface area contributed by atoms with Crippen molar-refractivity contribution in [2.45, 2.75) is 12.3 Å². The maximum Gasteiger partial charge on any atom is 0.191 e. The number of aliphatic imine (C=N–C) groups is 1. The Morgan fingerprint density at radius 2 is 1.55 bits per heavy atom. The Bertz CT molecular complexity index is 1340. The number of hydrogen-bond acceptors (Lipinski definition) is 5. The zero-order valence-corrected chi connectivity index (χ0v) is 18.0. The van der Waals surface area contributed by atoms with E-state index in [1.165, 1.54) is 16.3 Å². The van der Waals surface area contributed by atoms with Crippen molar-refractivity contribution in [3.8, 4) is 11.1 Å². The molecule has 0 fully saturated rings. The van der Waals surface area contributed by atoms with Gasteiger partial charge in [-0.3, -0.25) is 11.1 Å². The number of amidine groups is 1. The number of nitrogens with two attached hydrogens (primary N) is 1. The van der Waals surface area contributed by atoms with Gasteiger partial charge in [0.25, 0.3) is 0 Å². The van der Waals surface area contributed by atoms with Crippen molar-refractivity contribution >= 4 is 23.0 Å². The molecule has 0 saturated carbocycles. The topological polar surface area (TPSA) is 83.5 Å². The molecule has 2 unspecified atom stereocenters. The number of fused-ring (bicyclic) bond motifs is 1. The molecular weight excluding hydrogens is 408 g/mol. The number of hydrogen-bond donors (Lipinski definition) is 3. The summed E-state index contributed by atoms with van der Waals surface area (Å²) >= 11 is 0. The molecule has 1 aliphatic heterocycles. The molecule has 1 aliphatic rings. The van der Waals surface area contributed by atoms with Crippen LogP contribution in [0.1, 0.15) is 17.2 Å². The standard InChI is InChI=1S/C28H24N4O/c29-18-33-27(30)26-17-25(21-8-2-1-3-9-21)31-28(32-26)22-15-13-20(14-16-22)24-12-6-10-19-7-4-5-11-23(19)24/h1-18,25,27,29H,30H2,(H,31,32). The highest BCUT2D eigenvalue weighted by molar-refractivity contribution is 6.02. The number of rotatable bonds is 6. The third-order valence-electron chi connectivity index (χ3n) is 5.79. The van der Waals surface area contributed by atoms with Gasteiger partial charge in [0, 0.05) is 5.56 Å².